The van der Waals surface area contributed by atoms with E-state index >= 15 is 0 Å². The molecule has 0 saturated carbocycles. The molecule has 1 N–H and O–H groups in total. The lowest BCUT2D eigenvalue weighted by atomic mass is 10.1. The SMILES string of the molecule is Cc1cc(NC(=O)C(=O)N(C)C(C)C)ccc1C(F)(F)F. The maximum absolute atomic E-state index is 12.6. The third-order valence-electron chi connectivity index (χ3n) is 3.08. The zero-order valence-corrected chi connectivity index (χ0v) is 12.2. The van der Waals surface area contributed by atoms with Gasteiger partial charge in [-0.05, 0) is 44.5 Å². The minimum atomic E-state index is -4.44. The predicted octanol–water partition coefficient (Wildman–Crippen LogP) is 2.82. The monoisotopic (exact) mass is 302 g/mol. The van der Waals surface area contributed by atoms with E-state index in [-0.39, 0.29) is 17.3 Å². The Bertz CT molecular complexity index is 554. The zero-order valence-electron chi connectivity index (χ0n) is 12.2. The Balaban J connectivity index is 2.88. The van der Waals surface area contributed by atoms with Crippen LogP contribution in [-0.4, -0.2) is 29.8 Å². The lowest BCUT2D eigenvalue weighted by Crippen LogP contribution is -2.40. The summed E-state index contributed by atoms with van der Waals surface area (Å²) in [6, 6.07) is 3.03. The molecular formula is C14H17F3N2O2. The molecule has 0 unspecified atom stereocenters. The Morgan fingerprint density at radius 1 is 1.24 bits per heavy atom. The van der Waals surface area contributed by atoms with Crippen molar-refractivity contribution in [2.24, 2.45) is 0 Å². The van der Waals surface area contributed by atoms with Crippen molar-refractivity contribution in [3.05, 3.63) is 29.3 Å². The number of likely N-dealkylation sites (N-methyl/N-ethyl adjacent to an activating group) is 1. The molecule has 1 aromatic carbocycles. The van der Waals surface area contributed by atoms with Crippen molar-refractivity contribution >= 4 is 17.5 Å². The summed E-state index contributed by atoms with van der Waals surface area (Å²) in [5.74, 6) is -1.63. The van der Waals surface area contributed by atoms with Gasteiger partial charge < -0.3 is 10.2 Å². The number of nitrogens with zero attached hydrogens (tertiary/aromatic N) is 1. The fourth-order valence-corrected chi connectivity index (χ4v) is 1.64. The van der Waals surface area contributed by atoms with Crippen molar-refractivity contribution in [3.8, 4) is 0 Å². The summed E-state index contributed by atoms with van der Waals surface area (Å²) in [7, 11) is 1.48. The molecule has 0 saturated heterocycles. The van der Waals surface area contributed by atoms with Crippen LogP contribution in [0.15, 0.2) is 18.2 Å². The van der Waals surface area contributed by atoms with Gasteiger partial charge in [-0.15, -0.1) is 0 Å². The molecule has 0 atom stereocenters. The van der Waals surface area contributed by atoms with Crippen LogP contribution in [0.4, 0.5) is 18.9 Å². The van der Waals surface area contributed by atoms with E-state index in [4.69, 9.17) is 0 Å². The highest BCUT2D eigenvalue weighted by atomic mass is 19.4. The van der Waals surface area contributed by atoms with E-state index in [9.17, 15) is 22.8 Å². The lowest BCUT2D eigenvalue weighted by molar-refractivity contribution is -0.143. The van der Waals surface area contributed by atoms with E-state index in [0.29, 0.717) is 0 Å². The normalized spacial score (nSPS) is 11.4. The summed E-state index contributed by atoms with van der Waals surface area (Å²) in [6.45, 7) is 4.78. The first-order chi connectivity index (χ1) is 9.54. The Morgan fingerprint density at radius 3 is 2.24 bits per heavy atom. The van der Waals surface area contributed by atoms with Crippen LogP contribution in [0.3, 0.4) is 0 Å². The molecule has 0 spiro atoms. The molecule has 0 aromatic heterocycles. The molecule has 0 heterocycles. The van der Waals surface area contributed by atoms with Gasteiger partial charge in [-0.1, -0.05) is 0 Å². The van der Waals surface area contributed by atoms with Crippen molar-refractivity contribution in [2.45, 2.75) is 33.0 Å². The van der Waals surface area contributed by atoms with Crippen molar-refractivity contribution in [1.29, 1.82) is 0 Å². The van der Waals surface area contributed by atoms with Gasteiger partial charge in [0.15, 0.2) is 0 Å². The van der Waals surface area contributed by atoms with Crippen molar-refractivity contribution in [2.75, 3.05) is 12.4 Å². The number of alkyl halides is 3. The predicted molar refractivity (Wildman–Crippen MR) is 72.7 cm³/mol. The number of carbonyl (C=O) groups is 2. The average Bonchev–Trinajstić information content (AvgIpc) is 2.35. The highest BCUT2D eigenvalue weighted by Crippen LogP contribution is 2.32. The van der Waals surface area contributed by atoms with Crippen LogP contribution in [0.1, 0.15) is 25.0 Å². The fourth-order valence-electron chi connectivity index (χ4n) is 1.64. The van der Waals surface area contributed by atoms with Gasteiger partial charge in [0.1, 0.15) is 0 Å². The molecule has 0 aliphatic heterocycles. The molecule has 21 heavy (non-hydrogen) atoms. The number of rotatable bonds is 2. The Hall–Kier alpha value is -2.05. The van der Waals surface area contributed by atoms with Gasteiger partial charge >= 0.3 is 18.0 Å². The van der Waals surface area contributed by atoms with E-state index in [1.165, 1.54) is 24.9 Å². The van der Waals surface area contributed by atoms with Crippen molar-refractivity contribution < 1.29 is 22.8 Å². The quantitative estimate of drug-likeness (QED) is 0.854. The second kappa shape index (κ2) is 6.15. The second-order valence-electron chi connectivity index (χ2n) is 4.99. The maximum Gasteiger partial charge on any atom is 0.416 e. The Morgan fingerprint density at radius 2 is 1.81 bits per heavy atom. The molecule has 2 amide bonds. The molecule has 1 aromatic rings. The number of anilines is 1. The minimum absolute atomic E-state index is 0.0232. The molecule has 0 radical (unpaired) electrons. The summed E-state index contributed by atoms with van der Waals surface area (Å²) >= 11 is 0. The van der Waals surface area contributed by atoms with E-state index in [1.54, 1.807) is 13.8 Å². The molecule has 7 heteroatoms. The number of carbonyl (C=O) groups excluding carboxylic acids is 2. The summed E-state index contributed by atoms with van der Waals surface area (Å²) in [4.78, 5) is 24.7. The lowest BCUT2D eigenvalue weighted by Gasteiger charge is -2.20. The highest BCUT2D eigenvalue weighted by Gasteiger charge is 2.32. The van der Waals surface area contributed by atoms with Crippen LogP contribution in [0, 0.1) is 6.92 Å². The summed E-state index contributed by atoms with van der Waals surface area (Å²) in [6.07, 6.45) is -4.44. The minimum Gasteiger partial charge on any atom is -0.335 e. The third-order valence-corrected chi connectivity index (χ3v) is 3.08. The van der Waals surface area contributed by atoms with E-state index in [2.05, 4.69) is 5.32 Å². The average molecular weight is 302 g/mol. The van der Waals surface area contributed by atoms with Gasteiger partial charge in [-0.2, -0.15) is 13.2 Å². The molecule has 0 aliphatic carbocycles. The molecule has 0 fully saturated rings. The Kier molecular flexibility index (Phi) is 4.98. The fraction of sp³-hybridized carbons (Fsp3) is 0.429. The Labute approximate surface area is 120 Å². The van der Waals surface area contributed by atoms with E-state index < -0.39 is 23.6 Å². The standard InChI is InChI=1S/C14H17F3N2O2/c1-8(2)19(4)13(21)12(20)18-10-5-6-11(9(3)7-10)14(15,16)17/h5-8H,1-4H3,(H,18,20). The van der Waals surface area contributed by atoms with Crippen molar-refractivity contribution in [3.63, 3.8) is 0 Å². The molecule has 0 aliphatic rings. The van der Waals surface area contributed by atoms with Crippen LogP contribution >= 0.6 is 0 Å². The molecular weight excluding hydrogens is 285 g/mol. The number of nitrogens with one attached hydrogen (secondary N) is 1. The number of halogens is 3. The molecule has 0 bridgehead atoms. The summed E-state index contributed by atoms with van der Waals surface area (Å²) in [5.41, 5.74) is -0.646. The van der Waals surface area contributed by atoms with Gasteiger partial charge in [-0.3, -0.25) is 9.59 Å². The maximum atomic E-state index is 12.6. The van der Waals surface area contributed by atoms with Crippen LogP contribution in [0.2, 0.25) is 0 Å². The number of benzene rings is 1. The first-order valence-electron chi connectivity index (χ1n) is 6.30. The van der Waals surface area contributed by atoms with Crippen molar-refractivity contribution in [1.82, 2.24) is 4.90 Å². The number of aryl methyl sites for hydroxylation is 1. The second-order valence-corrected chi connectivity index (χ2v) is 4.99. The van der Waals surface area contributed by atoms with Crippen LogP contribution in [0.5, 0.6) is 0 Å². The molecule has 116 valence electrons. The largest absolute Gasteiger partial charge is 0.416 e. The van der Waals surface area contributed by atoms with Crippen LogP contribution in [0.25, 0.3) is 0 Å². The van der Waals surface area contributed by atoms with Gasteiger partial charge in [0.25, 0.3) is 0 Å². The van der Waals surface area contributed by atoms with Gasteiger partial charge in [0.05, 0.1) is 5.56 Å². The van der Waals surface area contributed by atoms with Gasteiger partial charge in [0, 0.05) is 18.8 Å². The number of amides is 2. The highest BCUT2D eigenvalue weighted by molar-refractivity contribution is 6.39. The van der Waals surface area contributed by atoms with E-state index in [0.717, 1.165) is 12.1 Å². The van der Waals surface area contributed by atoms with Gasteiger partial charge in [0.2, 0.25) is 0 Å². The van der Waals surface area contributed by atoms with E-state index in [1.807, 2.05) is 0 Å². The first-order valence-corrected chi connectivity index (χ1v) is 6.30. The topological polar surface area (TPSA) is 49.4 Å². The zero-order chi connectivity index (χ0) is 16.4. The molecule has 1 rings (SSSR count). The first kappa shape index (κ1) is 17.0. The summed E-state index contributed by atoms with van der Waals surface area (Å²) in [5, 5.41) is 2.30. The van der Waals surface area contributed by atoms with Crippen LogP contribution < -0.4 is 5.32 Å². The smallest absolute Gasteiger partial charge is 0.335 e. The number of hydrogen-bond donors (Lipinski definition) is 1. The summed E-state index contributed by atoms with van der Waals surface area (Å²) < 4.78 is 37.9. The third kappa shape index (κ3) is 4.21. The van der Waals surface area contributed by atoms with Gasteiger partial charge in [-0.25, -0.2) is 0 Å². The molecule has 4 nitrogen and oxygen atoms in total. The number of hydrogen-bond acceptors (Lipinski definition) is 2. The van der Waals surface area contributed by atoms with Crippen LogP contribution in [-0.2, 0) is 15.8 Å².